The molecule has 3 rings (SSSR count). The van der Waals surface area contributed by atoms with E-state index in [1.807, 2.05) is 60.0 Å². The van der Waals surface area contributed by atoms with Crippen LogP contribution in [-0.2, 0) is 17.9 Å². The summed E-state index contributed by atoms with van der Waals surface area (Å²) < 4.78 is 7.38. The Morgan fingerprint density at radius 1 is 1.21 bits per heavy atom. The summed E-state index contributed by atoms with van der Waals surface area (Å²) >= 11 is 1.35. The maximum Gasteiger partial charge on any atom is 0.230 e. The quantitative estimate of drug-likeness (QED) is 0.430. The molecule has 150 valence electrons. The first-order valence-electron chi connectivity index (χ1n) is 9.25. The minimum absolute atomic E-state index is 0.0532. The number of nitrogens with zero attached hydrogens (tertiary/aromatic N) is 3. The Bertz CT molecular complexity index is 983. The second-order valence-corrected chi connectivity index (χ2v) is 7.40. The van der Waals surface area contributed by atoms with Gasteiger partial charge in [-0.25, -0.2) is 0 Å². The maximum atomic E-state index is 12.3. The number of hydrogen-bond donors (Lipinski definition) is 1. The van der Waals surface area contributed by atoms with Gasteiger partial charge >= 0.3 is 0 Å². The Balaban J connectivity index is 1.67. The van der Waals surface area contributed by atoms with E-state index in [4.69, 9.17) is 4.74 Å². The van der Waals surface area contributed by atoms with E-state index in [-0.39, 0.29) is 11.7 Å². The monoisotopic (exact) mass is 408 g/mol. The molecule has 0 unspecified atom stereocenters. The van der Waals surface area contributed by atoms with Crippen molar-refractivity contribution in [3.63, 3.8) is 0 Å². The number of para-hydroxylation sites is 1. The molecule has 6 nitrogen and oxygen atoms in total. The van der Waals surface area contributed by atoms with Crippen LogP contribution >= 0.6 is 11.8 Å². The number of carbonyl (C=O) groups is 1. The maximum absolute atomic E-state index is 12.3. The van der Waals surface area contributed by atoms with E-state index in [9.17, 15) is 4.79 Å². The van der Waals surface area contributed by atoms with Gasteiger partial charge in [0.1, 0.15) is 5.75 Å². The van der Waals surface area contributed by atoms with Crippen LogP contribution in [0.5, 0.6) is 5.75 Å². The van der Waals surface area contributed by atoms with E-state index in [2.05, 4.69) is 22.1 Å². The van der Waals surface area contributed by atoms with Gasteiger partial charge in [0.05, 0.1) is 18.4 Å². The molecule has 7 heteroatoms. The fourth-order valence-electron chi connectivity index (χ4n) is 2.81. The number of rotatable bonds is 9. The van der Waals surface area contributed by atoms with E-state index in [1.165, 1.54) is 17.3 Å². The van der Waals surface area contributed by atoms with Gasteiger partial charge in [-0.15, -0.1) is 16.8 Å². The molecule has 1 amide bonds. The predicted octanol–water partition coefficient (Wildman–Crippen LogP) is 3.86. The molecule has 1 heterocycles. The molecule has 3 aromatic rings. The van der Waals surface area contributed by atoms with E-state index in [0.717, 1.165) is 16.9 Å². The second-order valence-electron chi connectivity index (χ2n) is 6.46. The van der Waals surface area contributed by atoms with Crippen molar-refractivity contribution in [1.82, 2.24) is 20.1 Å². The first kappa shape index (κ1) is 20.7. The zero-order chi connectivity index (χ0) is 20.6. The Morgan fingerprint density at radius 2 is 1.97 bits per heavy atom. The highest BCUT2D eigenvalue weighted by atomic mass is 32.2. The summed E-state index contributed by atoms with van der Waals surface area (Å²) in [6, 6.07) is 15.8. The van der Waals surface area contributed by atoms with Crippen LogP contribution in [0.15, 0.2) is 66.3 Å². The summed E-state index contributed by atoms with van der Waals surface area (Å²) in [7, 11) is 1.63. The number of hydrogen-bond acceptors (Lipinski definition) is 5. The highest BCUT2D eigenvalue weighted by molar-refractivity contribution is 7.99. The van der Waals surface area contributed by atoms with Gasteiger partial charge in [-0.3, -0.25) is 9.36 Å². The van der Waals surface area contributed by atoms with Gasteiger partial charge in [0.2, 0.25) is 5.91 Å². The summed E-state index contributed by atoms with van der Waals surface area (Å²) in [6.07, 6.45) is 1.78. The number of nitrogens with one attached hydrogen (secondary N) is 1. The number of carbonyl (C=O) groups excluding carboxylic acids is 1. The number of benzene rings is 2. The highest BCUT2D eigenvalue weighted by Crippen LogP contribution is 2.30. The van der Waals surface area contributed by atoms with E-state index < -0.39 is 0 Å². The van der Waals surface area contributed by atoms with Crippen molar-refractivity contribution in [3.05, 3.63) is 72.3 Å². The van der Waals surface area contributed by atoms with Crippen molar-refractivity contribution in [3.8, 4) is 17.1 Å². The summed E-state index contributed by atoms with van der Waals surface area (Å²) in [5.41, 5.74) is 3.12. The fraction of sp³-hybridized carbons (Fsp3) is 0.227. The smallest absolute Gasteiger partial charge is 0.230 e. The summed E-state index contributed by atoms with van der Waals surface area (Å²) in [6.45, 7) is 6.90. The topological polar surface area (TPSA) is 69.0 Å². The second kappa shape index (κ2) is 9.93. The molecule has 0 aliphatic heterocycles. The van der Waals surface area contributed by atoms with Crippen molar-refractivity contribution in [2.45, 2.75) is 25.2 Å². The lowest BCUT2D eigenvalue weighted by molar-refractivity contribution is -0.118. The molecule has 0 bridgehead atoms. The predicted molar refractivity (Wildman–Crippen MR) is 116 cm³/mol. The summed E-state index contributed by atoms with van der Waals surface area (Å²) in [5.74, 6) is 1.61. The first-order valence-corrected chi connectivity index (χ1v) is 10.2. The number of thioether (sulfide) groups is 1. The number of allylic oxidation sites excluding steroid dienone is 1. The molecule has 29 heavy (non-hydrogen) atoms. The minimum Gasteiger partial charge on any atom is -0.496 e. The zero-order valence-electron chi connectivity index (χ0n) is 16.6. The van der Waals surface area contributed by atoms with E-state index in [1.54, 1.807) is 13.2 Å². The average molecular weight is 409 g/mol. The first-order chi connectivity index (χ1) is 14.1. The lowest BCUT2D eigenvalue weighted by Gasteiger charge is -2.10. The lowest BCUT2D eigenvalue weighted by atomic mass is 10.1. The molecule has 0 saturated carbocycles. The Kier molecular flexibility index (Phi) is 7.08. The SMILES string of the molecule is C=CCn1c(SCC(=O)NCc2ccc(C)cc2)nnc1-c1ccccc1OC. The molecular weight excluding hydrogens is 384 g/mol. The summed E-state index contributed by atoms with van der Waals surface area (Å²) in [4.78, 5) is 12.3. The largest absolute Gasteiger partial charge is 0.496 e. The number of aromatic nitrogens is 3. The molecule has 0 radical (unpaired) electrons. The zero-order valence-corrected chi connectivity index (χ0v) is 17.4. The molecule has 0 spiro atoms. The van der Waals surface area contributed by atoms with Gasteiger partial charge in [0.25, 0.3) is 0 Å². The average Bonchev–Trinajstić information content (AvgIpc) is 3.14. The van der Waals surface area contributed by atoms with Gasteiger partial charge in [0, 0.05) is 13.1 Å². The van der Waals surface area contributed by atoms with Crippen molar-refractivity contribution in [2.24, 2.45) is 0 Å². The van der Waals surface area contributed by atoms with Crippen LogP contribution in [0.2, 0.25) is 0 Å². The Morgan fingerprint density at radius 3 is 2.69 bits per heavy atom. The van der Waals surface area contributed by atoms with Crippen LogP contribution in [0.3, 0.4) is 0 Å². The Labute approximate surface area is 175 Å². The van der Waals surface area contributed by atoms with Crippen molar-refractivity contribution < 1.29 is 9.53 Å². The fourth-order valence-corrected chi connectivity index (χ4v) is 3.58. The Hall–Kier alpha value is -3.06. The third-order valence-electron chi connectivity index (χ3n) is 4.32. The van der Waals surface area contributed by atoms with E-state index in [0.29, 0.717) is 24.1 Å². The standard InChI is InChI=1S/C22H24N4O2S/c1-4-13-26-21(18-7-5-6-8-19(18)28-3)24-25-22(26)29-15-20(27)23-14-17-11-9-16(2)10-12-17/h4-12H,1,13-15H2,2-3H3,(H,23,27). The highest BCUT2D eigenvalue weighted by Gasteiger charge is 2.17. The normalized spacial score (nSPS) is 10.6. The molecule has 1 aromatic heterocycles. The molecule has 0 aliphatic carbocycles. The van der Waals surface area contributed by atoms with Gasteiger partial charge < -0.3 is 10.1 Å². The molecule has 2 aromatic carbocycles. The van der Waals surface area contributed by atoms with Crippen LogP contribution in [0.25, 0.3) is 11.4 Å². The van der Waals surface area contributed by atoms with Crippen LogP contribution in [0.4, 0.5) is 0 Å². The van der Waals surface area contributed by atoms with Crippen LogP contribution in [0, 0.1) is 6.92 Å². The van der Waals surface area contributed by atoms with Gasteiger partial charge in [-0.2, -0.15) is 0 Å². The number of methoxy groups -OCH3 is 1. The third kappa shape index (κ3) is 5.26. The molecule has 0 atom stereocenters. The molecule has 0 aliphatic rings. The molecular formula is C22H24N4O2S. The van der Waals surface area contributed by atoms with Gasteiger partial charge in [-0.1, -0.05) is 59.8 Å². The lowest BCUT2D eigenvalue weighted by Crippen LogP contribution is -2.24. The molecule has 0 fully saturated rings. The van der Waals surface area contributed by atoms with Crippen LogP contribution in [0.1, 0.15) is 11.1 Å². The number of ether oxygens (including phenoxy) is 1. The number of amides is 1. The number of aryl methyl sites for hydroxylation is 1. The summed E-state index contributed by atoms with van der Waals surface area (Å²) in [5, 5.41) is 12.2. The van der Waals surface area contributed by atoms with Crippen molar-refractivity contribution in [2.75, 3.05) is 12.9 Å². The third-order valence-corrected chi connectivity index (χ3v) is 5.29. The van der Waals surface area contributed by atoms with Crippen LogP contribution in [-0.4, -0.2) is 33.5 Å². The van der Waals surface area contributed by atoms with Gasteiger partial charge in [0.15, 0.2) is 11.0 Å². The molecule has 0 saturated heterocycles. The minimum atomic E-state index is -0.0532. The van der Waals surface area contributed by atoms with Crippen LogP contribution < -0.4 is 10.1 Å². The van der Waals surface area contributed by atoms with Gasteiger partial charge in [-0.05, 0) is 24.6 Å². The molecule has 1 N–H and O–H groups in total. The van der Waals surface area contributed by atoms with E-state index >= 15 is 0 Å². The van der Waals surface area contributed by atoms with Crippen molar-refractivity contribution >= 4 is 17.7 Å². The van der Waals surface area contributed by atoms with Crippen molar-refractivity contribution in [1.29, 1.82) is 0 Å².